The Bertz CT molecular complexity index is 1160. The molecule has 2 aromatic heterocycles. The highest BCUT2D eigenvalue weighted by Crippen LogP contribution is 2.31. The summed E-state index contributed by atoms with van der Waals surface area (Å²) in [6.07, 6.45) is 1.89. The lowest BCUT2D eigenvalue weighted by Gasteiger charge is -2.08. The maximum absolute atomic E-state index is 12.3. The molecule has 7 heteroatoms. The molecule has 29 heavy (non-hydrogen) atoms. The van der Waals surface area contributed by atoms with Crippen molar-refractivity contribution in [2.24, 2.45) is 0 Å². The first-order chi connectivity index (χ1) is 14.1. The van der Waals surface area contributed by atoms with Crippen LogP contribution in [0.2, 0.25) is 0 Å². The summed E-state index contributed by atoms with van der Waals surface area (Å²) in [6, 6.07) is 20.1. The van der Waals surface area contributed by atoms with Crippen molar-refractivity contribution in [3.8, 4) is 0 Å². The zero-order chi connectivity index (χ0) is 20.2. The number of anilines is 1. The van der Waals surface area contributed by atoms with Crippen LogP contribution >= 0.6 is 23.5 Å². The number of aryl methyl sites for hydroxylation is 2. The Balaban J connectivity index is 1.34. The summed E-state index contributed by atoms with van der Waals surface area (Å²) in [4.78, 5) is 14.7. The van der Waals surface area contributed by atoms with Crippen molar-refractivity contribution in [3.05, 3.63) is 78.0 Å². The minimum atomic E-state index is -0.0717. The molecule has 146 valence electrons. The number of nitrogens with one attached hydrogen (secondary N) is 1. The normalized spacial score (nSPS) is 11.0. The molecule has 2 heterocycles. The third-order valence-corrected chi connectivity index (χ3v) is 6.44. The van der Waals surface area contributed by atoms with Gasteiger partial charge in [-0.05, 0) is 67.4 Å². The van der Waals surface area contributed by atoms with Gasteiger partial charge in [0, 0.05) is 21.7 Å². The van der Waals surface area contributed by atoms with Gasteiger partial charge in [0.05, 0.1) is 5.75 Å². The molecule has 0 spiro atoms. The lowest BCUT2D eigenvalue weighted by atomic mass is 10.2. The van der Waals surface area contributed by atoms with Gasteiger partial charge >= 0.3 is 0 Å². The molecule has 0 atom stereocenters. The maximum atomic E-state index is 12.3. The number of hydrogen-bond acceptors (Lipinski definition) is 5. The number of carbonyl (C=O) groups excluding carboxylic acids is 1. The molecule has 2 aromatic carbocycles. The quantitative estimate of drug-likeness (QED) is 0.433. The second-order valence-corrected chi connectivity index (χ2v) is 8.70. The summed E-state index contributed by atoms with van der Waals surface area (Å²) < 4.78 is 1.87. The van der Waals surface area contributed by atoms with Gasteiger partial charge in [-0.1, -0.05) is 41.7 Å². The summed E-state index contributed by atoms with van der Waals surface area (Å²) in [7, 11) is 0. The molecule has 0 fully saturated rings. The van der Waals surface area contributed by atoms with Crippen molar-refractivity contribution in [1.82, 2.24) is 14.6 Å². The molecule has 0 aliphatic rings. The van der Waals surface area contributed by atoms with Gasteiger partial charge in [-0.3, -0.25) is 9.20 Å². The number of amides is 1. The predicted octanol–water partition coefficient (Wildman–Crippen LogP) is 5.23. The van der Waals surface area contributed by atoms with E-state index in [1.54, 1.807) is 11.8 Å². The maximum Gasteiger partial charge on any atom is 0.234 e. The molecule has 5 nitrogen and oxygen atoms in total. The first-order valence-electron chi connectivity index (χ1n) is 9.16. The third-order valence-electron chi connectivity index (χ3n) is 4.32. The van der Waals surface area contributed by atoms with Gasteiger partial charge < -0.3 is 5.32 Å². The molecule has 0 unspecified atom stereocenters. The minimum absolute atomic E-state index is 0.0717. The van der Waals surface area contributed by atoms with E-state index in [9.17, 15) is 4.79 Å². The van der Waals surface area contributed by atoms with Gasteiger partial charge in [0.2, 0.25) is 5.91 Å². The minimum Gasteiger partial charge on any atom is -0.325 e. The van der Waals surface area contributed by atoms with Crippen LogP contribution in [0.25, 0.3) is 5.65 Å². The largest absolute Gasteiger partial charge is 0.325 e. The Morgan fingerprint density at radius 3 is 2.69 bits per heavy atom. The van der Waals surface area contributed by atoms with Gasteiger partial charge in [-0.15, -0.1) is 10.2 Å². The molecule has 0 radical (unpaired) electrons. The van der Waals surface area contributed by atoms with Crippen LogP contribution in [0, 0.1) is 13.8 Å². The van der Waals surface area contributed by atoms with Gasteiger partial charge in [0.15, 0.2) is 10.8 Å². The van der Waals surface area contributed by atoms with Crippen LogP contribution < -0.4 is 5.32 Å². The molecular weight excluding hydrogens is 400 g/mol. The number of fused-ring (bicyclic) bond motifs is 1. The lowest BCUT2D eigenvalue weighted by Crippen LogP contribution is -2.14. The van der Waals surface area contributed by atoms with Crippen molar-refractivity contribution >= 4 is 40.8 Å². The fourth-order valence-corrected chi connectivity index (χ4v) is 4.52. The second-order valence-electron chi connectivity index (χ2n) is 6.64. The molecule has 1 amide bonds. The van der Waals surface area contributed by atoms with E-state index >= 15 is 0 Å². The molecule has 1 N–H and O–H groups in total. The van der Waals surface area contributed by atoms with Crippen LogP contribution in [0.5, 0.6) is 0 Å². The Kier molecular flexibility index (Phi) is 5.87. The number of carbonyl (C=O) groups is 1. The van der Waals surface area contributed by atoms with Crippen molar-refractivity contribution in [1.29, 1.82) is 0 Å². The smallest absolute Gasteiger partial charge is 0.234 e. The zero-order valence-electron chi connectivity index (χ0n) is 16.1. The molecule has 4 rings (SSSR count). The number of rotatable bonds is 6. The molecule has 0 saturated carbocycles. The Hall–Kier alpha value is -2.77. The molecule has 0 saturated heterocycles. The average molecular weight is 421 g/mol. The zero-order valence-corrected chi connectivity index (χ0v) is 17.8. The van der Waals surface area contributed by atoms with Crippen molar-refractivity contribution in [2.75, 3.05) is 11.1 Å². The second kappa shape index (κ2) is 8.71. The molecule has 0 bridgehead atoms. The summed E-state index contributed by atoms with van der Waals surface area (Å²) >= 11 is 3.10. The van der Waals surface area contributed by atoms with E-state index in [1.807, 2.05) is 53.1 Å². The summed E-state index contributed by atoms with van der Waals surface area (Å²) in [5.74, 6) is 0.201. The van der Waals surface area contributed by atoms with Gasteiger partial charge in [0.25, 0.3) is 0 Å². The highest BCUT2D eigenvalue weighted by atomic mass is 32.2. The summed E-state index contributed by atoms with van der Waals surface area (Å²) in [5, 5.41) is 11.9. The SMILES string of the molecule is Cc1ccc(C)c(Sc2ccc(NC(=O)CSc3nnc4ccccn34)cc2)c1. The lowest BCUT2D eigenvalue weighted by molar-refractivity contribution is -0.113. The van der Waals surface area contributed by atoms with E-state index in [-0.39, 0.29) is 11.7 Å². The number of benzene rings is 2. The van der Waals surface area contributed by atoms with E-state index in [2.05, 4.69) is 47.6 Å². The van der Waals surface area contributed by atoms with Crippen LogP contribution in [-0.4, -0.2) is 26.3 Å². The van der Waals surface area contributed by atoms with E-state index in [4.69, 9.17) is 0 Å². The van der Waals surface area contributed by atoms with E-state index in [1.165, 1.54) is 27.8 Å². The van der Waals surface area contributed by atoms with E-state index in [0.29, 0.717) is 5.16 Å². The van der Waals surface area contributed by atoms with Crippen molar-refractivity contribution < 1.29 is 4.79 Å². The van der Waals surface area contributed by atoms with Crippen LogP contribution in [0.15, 0.2) is 81.8 Å². The third kappa shape index (κ3) is 4.81. The van der Waals surface area contributed by atoms with Gasteiger partial charge in [-0.2, -0.15) is 0 Å². The fourth-order valence-electron chi connectivity index (χ4n) is 2.80. The van der Waals surface area contributed by atoms with Crippen LogP contribution in [0.3, 0.4) is 0 Å². The van der Waals surface area contributed by atoms with Crippen LogP contribution in [0.1, 0.15) is 11.1 Å². The topological polar surface area (TPSA) is 59.3 Å². The predicted molar refractivity (Wildman–Crippen MR) is 119 cm³/mol. The average Bonchev–Trinajstić information content (AvgIpc) is 3.14. The monoisotopic (exact) mass is 420 g/mol. The first-order valence-corrected chi connectivity index (χ1v) is 11.0. The molecule has 0 aliphatic carbocycles. The standard InChI is InChI=1S/C22H20N4OS2/c1-15-6-7-16(2)19(13-15)29-18-10-8-17(9-11-18)23-21(27)14-28-22-25-24-20-5-3-4-12-26(20)22/h3-13H,14H2,1-2H3,(H,23,27). The number of hydrogen-bond donors (Lipinski definition) is 1. The number of pyridine rings is 1. The van der Waals surface area contributed by atoms with Gasteiger partial charge in [-0.25, -0.2) is 0 Å². The number of nitrogens with zero attached hydrogens (tertiary/aromatic N) is 3. The molecular formula is C22H20N4OS2. The van der Waals surface area contributed by atoms with Crippen molar-refractivity contribution in [3.63, 3.8) is 0 Å². The fraction of sp³-hybridized carbons (Fsp3) is 0.136. The van der Waals surface area contributed by atoms with E-state index < -0.39 is 0 Å². The number of aromatic nitrogens is 3. The highest BCUT2D eigenvalue weighted by Gasteiger charge is 2.09. The van der Waals surface area contributed by atoms with Crippen LogP contribution in [0.4, 0.5) is 5.69 Å². The molecule has 0 aliphatic heterocycles. The Labute approximate surface area is 177 Å². The van der Waals surface area contributed by atoms with Crippen LogP contribution in [-0.2, 0) is 4.79 Å². The summed E-state index contributed by atoms with van der Waals surface area (Å²) in [5.41, 5.74) is 4.07. The van der Waals surface area contributed by atoms with E-state index in [0.717, 1.165) is 16.2 Å². The first kappa shape index (κ1) is 19.5. The summed E-state index contributed by atoms with van der Waals surface area (Å²) in [6.45, 7) is 4.22. The van der Waals surface area contributed by atoms with Crippen molar-refractivity contribution in [2.45, 2.75) is 28.8 Å². The highest BCUT2D eigenvalue weighted by molar-refractivity contribution is 7.99. The Morgan fingerprint density at radius 1 is 1.03 bits per heavy atom. The van der Waals surface area contributed by atoms with Gasteiger partial charge in [0.1, 0.15) is 0 Å². The Morgan fingerprint density at radius 2 is 1.86 bits per heavy atom. The molecule has 4 aromatic rings. The number of thioether (sulfide) groups is 1.